The van der Waals surface area contributed by atoms with Gasteiger partial charge in [0, 0.05) is 38.9 Å². The highest BCUT2D eigenvalue weighted by Gasteiger charge is 2.29. The fourth-order valence-electron chi connectivity index (χ4n) is 4.58. The number of hydrazone groups is 1. The number of pyridine rings is 1. The molecule has 4 nitrogen and oxygen atoms in total. The maximum Gasteiger partial charge on any atom is 0.0831 e. The van der Waals surface area contributed by atoms with E-state index in [0.29, 0.717) is 5.02 Å². The Labute approximate surface area is 223 Å². The molecule has 1 unspecified atom stereocenters. The van der Waals surface area contributed by atoms with Crippen LogP contribution in [0.4, 0.5) is 17.1 Å². The van der Waals surface area contributed by atoms with E-state index >= 15 is 0 Å². The molecule has 1 aliphatic heterocycles. The first-order valence-electron chi connectivity index (χ1n) is 11.7. The standard InChI is InChI=1S/C30H22BrClN4/c31-22-10-6-21(7-11-22)30-19-28(35-36(30)25-4-2-1-3-5-25)20-8-13-24(14-9-20)34-27-16-17-33-29-18-23(32)12-15-26(27)29/h1-18,30H,19H2,(H,33,34). The second-order valence-electron chi connectivity index (χ2n) is 8.72. The lowest BCUT2D eigenvalue weighted by molar-refractivity contribution is 0.709. The van der Waals surface area contributed by atoms with Gasteiger partial charge in [0.05, 0.1) is 23.0 Å². The molecule has 1 atom stereocenters. The van der Waals surface area contributed by atoms with E-state index in [1.807, 2.05) is 30.3 Å². The second-order valence-corrected chi connectivity index (χ2v) is 10.1. The highest BCUT2D eigenvalue weighted by atomic mass is 79.9. The van der Waals surface area contributed by atoms with Crippen molar-refractivity contribution in [1.29, 1.82) is 0 Å². The van der Waals surface area contributed by atoms with Crippen LogP contribution in [0.5, 0.6) is 0 Å². The van der Waals surface area contributed by atoms with Crippen molar-refractivity contribution in [3.05, 3.63) is 130 Å². The minimum Gasteiger partial charge on any atom is -0.355 e. The monoisotopic (exact) mass is 552 g/mol. The van der Waals surface area contributed by atoms with Gasteiger partial charge in [0.1, 0.15) is 0 Å². The Hall–Kier alpha value is -3.67. The van der Waals surface area contributed by atoms with Crippen LogP contribution >= 0.6 is 27.5 Å². The van der Waals surface area contributed by atoms with Crippen LogP contribution in [-0.2, 0) is 0 Å². The van der Waals surface area contributed by atoms with Crippen LogP contribution in [-0.4, -0.2) is 10.7 Å². The SMILES string of the molecule is Clc1ccc2c(Nc3ccc(C4=NN(c5ccccc5)C(c5ccc(Br)cc5)C4)cc3)ccnc2c1. The zero-order valence-electron chi connectivity index (χ0n) is 19.3. The van der Waals surface area contributed by atoms with Gasteiger partial charge in [-0.1, -0.05) is 70.0 Å². The maximum atomic E-state index is 6.14. The number of fused-ring (bicyclic) bond motifs is 1. The first kappa shape index (κ1) is 22.8. The largest absolute Gasteiger partial charge is 0.355 e. The van der Waals surface area contributed by atoms with Crippen LogP contribution in [0.3, 0.4) is 0 Å². The highest BCUT2D eigenvalue weighted by Crippen LogP contribution is 2.37. The molecular weight excluding hydrogens is 532 g/mol. The number of rotatable bonds is 5. The summed E-state index contributed by atoms with van der Waals surface area (Å²) in [5.74, 6) is 0. The van der Waals surface area contributed by atoms with E-state index in [-0.39, 0.29) is 6.04 Å². The smallest absolute Gasteiger partial charge is 0.0831 e. The van der Waals surface area contributed by atoms with Crippen LogP contribution in [0, 0.1) is 0 Å². The number of nitrogens with one attached hydrogen (secondary N) is 1. The number of hydrogen-bond donors (Lipinski definition) is 1. The Bertz CT molecular complexity index is 1550. The molecule has 5 aromatic rings. The average molecular weight is 554 g/mol. The van der Waals surface area contributed by atoms with E-state index in [4.69, 9.17) is 16.7 Å². The fraction of sp³-hybridized carbons (Fsp3) is 0.0667. The lowest BCUT2D eigenvalue weighted by Gasteiger charge is -2.24. The van der Waals surface area contributed by atoms with Gasteiger partial charge in [-0.05, 0) is 71.8 Å². The van der Waals surface area contributed by atoms with Gasteiger partial charge in [-0.2, -0.15) is 5.10 Å². The minimum absolute atomic E-state index is 0.142. The number of aromatic nitrogens is 1. The maximum absolute atomic E-state index is 6.14. The first-order chi connectivity index (χ1) is 17.6. The number of benzene rings is 4. The third kappa shape index (κ3) is 4.60. The van der Waals surface area contributed by atoms with Crippen LogP contribution in [0.25, 0.3) is 10.9 Å². The molecule has 0 saturated carbocycles. The molecule has 6 heteroatoms. The van der Waals surface area contributed by atoms with Crippen molar-refractivity contribution in [3.8, 4) is 0 Å². The predicted octanol–water partition coefficient (Wildman–Crippen LogP) is 8.75. The molecule has 1 aliphatic rings. The Kier molecular flexibility index (Phi) is 6.18. The third-order valence-electron chi connectivity index (χ3n) is 6.39. The van der Waals surface area contributed by atoms with Gasteiger partial charge in [-0.3, -0.25) is 9.99 Å². The summed E-state index contributed by atoms with van der Waals surface area (Å²) >= 11 is 9.69. The van der Waals surface area contributed by atoms with E-state index in [1.54, 1.807) is 6.20 Å². The molecule has 0 radical (unpaired) electrons. The number of para-hydroxylation sites is 1. The van der Waals surface area contributed by atoms with Gasteiger partial charge in [-0.15, -0.1) is 0 Å². The molecule has 0 fully saturated rings. The minimum atomic E-state index is 0.142. The molecule has 176 valence electrons. The van der Waals surface area contributed by atoms with Crippen molar-refractivity contribution < 1.29 is 0 Å². The van der Waals surface area contributed by atoms with Crippen LogP contribution in [0.15, 0.2) is 119 Å². The number of hydrogen-bond acceptors (Lipinski definition) is 4. The van der Waals surface area contributed by atoms with E-state index in [2.05, 4.69) is 104 Å². The molecule has 0 amide bonds. The Morgan fingerprint density at radius 3 is 2.42 bits per heavy atom. The summed E-state index contributed by atoms with van der Waals surface area (Å²) in [5.41, 5.74) is 7.38. The topological polar surface area (TPSA) is 40.5 Å². The molecule has 0 spiro atoms. The molecular formula is C30H22BrClN4. The van der Waals surface area contributed by atoms with Crippen molar-refractivity contribution in [2.24, 2.45) is 5.10 Å². The summed E-state index contributed by atoms with van der Waals surface area (Å²) in [6, 6.07) is 35.2. The van der Waals surface area contributed by atoms with Crippen LogP contribution in [0.2, 0.25) is 5.02 Å². The lowest BCUT2D eigenvalue weighted by Crippen LogP contribution is -2.18. The molecule has 0 aliphatic carbocycles. The summed E-state index contributed by atoms with van der Waals surface area (Å²) in [4.78, 5) is 4.43. The van der Waals surface area contributed by atoms with Crippen LogP contribution < -0.4 is 10.3 Å². The fourth-order valence-corrected chi connectivity index (χ4v) is 5.01. The predicted molar refractivity (Wildman–Crippen MR) is 153 cm³/mol. The first-order valence-corrected chi connectivity index (χ1v) is 12.9. The highest BCUT2D eigenvalue weighted by molar-refractivity contribution is 9.10. The Morgan fingerprint density at radius 1 is 0.861 bits per heavy atom. The summed E-state index contributed by atoms with van der Waals surface area (Å²) in [5, 5.41) is 12.4. The second kappa shape index (κ2) is 9.76. The average Bonchev–Trinajstić information content (AvgIpc) is 3.36. The number of nitrogens with zero attached hydrogens (tertiary/aromatic N) is 3. The van der Waals surface area contributed by atoms with E-state index in [0.717, 1.165) is 50.1 Å². The Morgan fingerprint density at radius 2 is 1.64 bits per heavy atom. The molecule has 36 heavy (non-hydrogen) atoms. The molecule has 0 saturated heterocycles. The summed E-state index contributed by atoms with van der Waals surface area (Å²) < 4.78 is 1.07. The van der Waals surface area contributed by atoms with Crippen molar-refractivity contribution in [3.63, 3.8) is 0 Å². The van der Waals surface area contributed by atoms with Crippen molar-refractivity contribution in [1.82, 2.24) is 4.98 Å². The molecule has 1 N–H and O–H groups in total. The van der Waals surface area contributed by atoms with Gasteiger partial charge < -0.3 is 5.32 Å². The Balaban J connectivity index is 1.28. The molecule has 4 aromatic carbocycles. The zero-order chi connectivity index (χ0) is 24.5. The normalized spacial score (nSPS) is 15.2. The quantitative estimate of drug-likeness (QED) is 0.236. The number of halogens is 2. The van der Waals surface area contributed by atoms with Crippen LogP contribution in [0.1, 0.15) is 23.6 Å². The van der Waals surface area contributed by atoms with E-state index in [9.17, 15) is 0 Å². The third-order valence-corrected chi connectivity index (χ3v) is 7.15. The molecule has 2 heterocycles. The van der Waals surface area contributed by atoms with E-state index < -0.39 is 0 Å². The molecule has 6 rings (SSSR count). The van der Waals surface area contributed by atoms with Crippen molar-refractivity contribution >= 4 is 61.2 Å². The van der Waals surface area contributed by atoms with Gasteiger partial charge in [0.25, 0.3) is 0 Å². The number of anilines is 3. The van der Waals surface area contributed by atoms with Crippen molar-refractivity contribution in [2.75, 3.05) is 10.3 Å². The van der Waals surface area contributed by atoms with Gasteiger partial charge >= 0.3 is 0 Å². The summed E-state index contributed by atoms with van der Waals surface area (Å²) in [6.45, 7) is 0. The summed E-state index contributed by atoms with van der Waals surface area (Å²) in [6.07, 6.45) is 2.63. The van der Waals surface area contributed by atoms with Gasteiger partial charge in [-0.25, -0.2) is 0 Å². The summed E-state index contributed by atoms with van der Waals surface area (Å²) in [7, 11) is 0. The van der Waals surface area contributed by atoms with E-state index in [1.165, 1.54) is 5.56 Å². The lowest BCUT2D eigenvalue weighted by atomic mass is 9.98. The van der Waals surface area contributed by atoms with Crippen molar-refractivity contribution in [2.45, 2.75) is 12.5 Å². The molecule has 1 aromatic heterocycles. The van der Waals surface area contributed by atoms with Gasteiger partial charge in [0.15, 0.2) is 0 Å². The molecule has 0 bridgehead atoms. The zero-order valence-corrected chi connectivity index (χ0v) is 21.6. The van der Waals surface area contributed by atoms with Gasteiger partial charge in [0.2, 0.25) is 0 Å².